The van der Waals surface area contributed by atoms with Gasteiger partial charge in [-0.15, -0.1) is 5.10 Å². The molecule has 1 saturated heterocycles. The minimum Gasteiger partial charge on any atom is -0.489 e. The van der Waals surface area contributed by atoms with Crippen molar-refractivity contribution in [1.29, 1.82) is 0 Å². The van der Waals surface area contributed by atoms with Gasteiger partial charge in [0.25, 0.3) is 0 Å². The molecule has 7 nitrogen and oxygen atoms in total. The Morgan fingerprint density at radius 3 is 2.71 bits per heavy atom. The summed E-state index contributed by atoms with van der Waals surface area (Å²) in [6.07, 6.45) is 4.00. The largest absolute Gasteiger partial charge is 0.489 e. The highest BCUT2D eigenvalue weighted by Gasteiger charge is 2.15. The fourth-order valence-corrected chi connectivity index (χ4v) is 2.97. The number of rotatable bonds is 8. The third kappa shape index (κ3) is 5.17. The number of hydrogen-bond donors (Lipinski definition) is 2. The van der Waals surface area contributed by atoms with Gasteiger partial charge in [-0.25, -0.2) is 0 Å². The van der Waals surface area contributed by atoms with E-state index in [2.05, 4.69) is 25.8 Å². The van der Waals surface area contributed by atoms with Crippen LogP contribution in [0.4, 0.5) is 17.5 Å². The molecule has 4 rings (SSSR count). The second kappa shape index (κ2) is 9.14. The second-order valence-corrected chi connectivity index (χ2v) is 6.60. The van der Waals surface area contributed by atoms with E-state index in [-0.39, 0.29) is 6.10 Å². The van der Waals surface area contributed by atoms with Gasteiger partial charge in [-0.2, -0.15) is 10.1 Å². The summed E-state index contributed by atoms with van der Waals surface area (Å²) in [6.45, 7) is 2.07. The van der Waals surface area contributed by atoms with Crippen LogP contribution >= 0.6 is 0 Å². The van der Waals surface area contributed by atoms with Gasteiger partial charge in [-0.1, -0.05) is 30.3 Å². The average Bonchev–Trinajstić information content (AvgIpc) is 3.27. The lowest BCUT2D eigenvalue weighted by molar-refractivity contribution is 0.120. The Morgan fingerprint density at radius 1 is 1.07 bits per heavy atom. The van der Waals surface area contributed by atoms with Gasteiger partial charge in [0.1, 0.15) is 12.4 Å². The number of aromatic nitrogens is 3. The Morgan fingerprint density at radius 2 is 1.93 bits per heavy atom. The van der Waals surface area contributed by atoms with Crippen LogP contribution in [0.2, 0.25) is 0 Å². The number of nitrogens with zero attached hydrogens (tertiary/aromatic N) is 3. The summed E-state index contributed by atoms with van der Waals surface area (Å²) < 4.78 is 11.4. The molecule has 1 fully saturated rings. The summed E-state index contributed by atoms with van der Waals surface area (Å²) in [7, 11) is 0. The van der Waals surface area contributed by atoms with Gasteiger partial charge in [0.05, 0.1) is 12.3 Å². The van der Waals surface area contributed by atoms with E-state index in [1.165, 1.54) is 0 Å². The van der Waals surface area contributed by atoms with Crippen molar-refractivity contribution < 1.29 is 9.47 Å². The van der Waals surface area contributed by atoms with Crippen LogP contribution < -0.4 is 15.4 Å². The number of anilines is 3. The molecule has 2 N–H and O–H groups in total. The topological polar surface area (TPSA) is 81.2 Å². The molecule has 2 aromatic carbocycles. The lowest BCUT2D eigenvalue weighted by atomic mass is 10.2. The number of benzene rings is 2. The summed E-state index contributed by atoms with van der Waals surface area (Å²) in [5.74, 6) is 1.93. The fourth-order valence-electron chi connectivity index (χ4n) is 2.97. The lowest BCUT2D eigenvalue weighted by Gasteiger charge is -2.11. The monoisotopic (exact) mass is 377 g/mol. The predicted molar refractivity (Wildman–Crippen MR) is 108 cm³/mol. The van der Waals surface area contributed by atoms with Crippen LogP contribution in [0.5, 0.6) is 5.75 Å². The molecule has 0 radical (unpaired) electrons. The fraction of sp³-hybridized carbons (Fsp3) is 0.286. The van der Waals surface area contributed by atoms with Crippen molar-refractivity contribution >= 4 is 17.5 Å². The maximum absolute atomic E-state index is 5.81. The van der Waals surface area contributed by atoms with Crippen molar-refractivity contribution in [2.24, 2.45) is 0 Å². The van der Waals surface area contributed by atoms with Gasteiger partial charge >= 0.3 is 0 Å². The third-order valence-corrected chi connectivity index (χ3v) is 4.45. The molecule has 0 bridgehead atoms. The molecule has 1 aliphatic rings. The molecule has 0 aliphatic carbocycles. The normalized spacial score (nSPS) is 15.9. The van der Waals surface area contributed by atoms with Crippen molar-refractivity contribution in [3.05, 3.63) is 66.4 Å². The van der Waals surface area contributed by atoms with Crippen molar-refractivity contribution in [3.63, 3.8) is 0 Å². The first kappa shape index (κ1) is 18.2. The van der Waals surface area contributed by atoms with Crippen LogP contribution in [0, 0.1) is 0 Å². The van der Waals surface area contributed by atoms with E-state index < -0.39 is 0 Å². The third-order valence-electron chi connectivity index (χ3n) is 4.45. The van der Waals surface area contributed by atoms with E-state index in [1.54, 1.807) is 6.20 Å². The Hall–Kier alpha value is -3.19. The summed E-state index contributed by atoms with van der Waals surface area (Å²) in [5, 5.41) is 14.4. The van der Waals surface area contributed by atoms with Crippen molar-refractivity contribution in [2.45, 2.75) is 25.6 Å². The highest BCUT2D eigenvalue weighted by molar-refractivity contribution is 5.57. The summed E-state index contributed by atoms with van der Waals surface area (Å²) in [5.41, 5.74) is 2.04. The zero-order valence-corrected chi connectivity index (χ0v) is 15.5. The number of ether oxygens (including phenoxy) is 2. The molecule has 28 heavy (non-hydrogen) atoms. The van der Waals surface area contributed by atoms with E-state index in [9.17, 15) is 0 Å². The molecule has 1 aromatic heterocycles. The SMILES string of the molecule is c1ccc(COc2ccc(Nc3cnnc(NCC4CCCO4)n3)cc2)cc1. The van der Waals surface area contributed by atoms with Gasteiger partial charge in [-0.3, -0.25) is 0 Å². The highest BCUT2D eigenvalue weighted by atomic mass is 16.5. The summed E-state index contributed by atoms with van der Waals surface area (Å²) >= 11 is 0. The molecule has 1 unspecified atom stereocenters. The minimum absolute atomic E-state index is 0.226. The van der Waals surface area contributed by atoms with Crippen molar-refractivity contribution in [1.82, 2.24) is 15.2 Å². The first-order valence-electron chi connectivity index (χ1n) is 9.44. The average molecular weight is 377 g/mol. The van der Waals surface area contributed by atoms with Crippen LogP contribution in [-0.4, -0.2) is 34.4 Å². The molecule has 0 saturated carbocycles. The van der Waals surface area contributed by atoms with Crippen LogP contribution in [0.1, 0.15) is 18.4 Å². The first-order valence-corrected chi connectivity index (χ1v) is 9.44. The standard InChI is InChI=1S/C21H23N5O2/c1-2-5-16(6-3-1)15-28-18-10-8-17(9-11-18)24-20-14-23-26-21(25-20)22-13-19-7-4-12-27-19/h1-3,5-6,8-11,14,19H,4,7,12-13,15H2,(H2,22,24,25,26). The van der Waals surface area contributed by atoms with Crippen molar-refractivity contribution in [3.8, 4) is 5.75 Å². The second-order valence-electron chi connectivity index (χ2n) is 6.60. The van der Waals surface area contributed by atoms with Crippen LogP contribution in [-0.2, 0) is 11.3 Å². The first-order chi connectivity index (χ1) is 13.8. The van der Waals surface area contributed by atoms with Gasteiger partial charge in [0, 0.05) is 18.8 Å². The number of nitrogens with one attached hydrogen (secondary N) is 2. The zero-order chi connectivity index (χ0) is 19.0. The Labute approximate surface area is 164 Å². The van der Waals surface area contributed by atoms with E-state index in [0.29, 0.717) is 24.9 Å². The molecule has 7 heteroatoms. The molecule has 1 atom stereocenters. The van der Waals surface area contributed by atoms with Gasteiger partial charge in [0.2, 0.25) is 5.95 Å². The molecule has 144 valence electrons. The Balaban J connectivity index is 1.30. The van der Waals surface area contributed by atoms with E-state index in [1.807, 2.05) is 54.6 Å². The minimum atomic E-state index is 0.226. The Bertz CT molecular complexity index is 867. The quantitative estimate of drug-likeness (QED) is 0.618. The van der Waals surface area contributed by atoms with Crippen LogP contribution in [0.3, 0.4) is 0 Å². The van der Waals surface area contributed by atoms with E-state index >= 15 is 0 Å². The van der Waals surface area contributed by atoms with Crippen molar-refractivity contribution in [2.75, 3.05) is 23.8 Å². The summed E-state index contributed by atoms with van der Waals surface area (Å²) in [6, 6.07) is 17.8. The molecular weight excluding hydrogens is 354 g/mol. The molecule has 1 aliphatic heterocycles. The molecule has 0 spiro atoms. The maximum atomic E-state index is 5.81. The lowest BCUT2D eigenvalue weighted by Crippen LogP contribution is -2.20. The van der Waals surface area contributed by atoms with E-state index in [0.717, 1.165) is 36.4 Å². The van der Waals surface area contributed by atoms with Crippen LogP contribution in [0.25, 0.3) is 0 Å². The highest BCUT2D eigenvalue weighted by Crippen LogP contribution is 2.20. The zero-order valence-electron chi connectivity index (χ0n) is 15.5. The molecule has 0 amide bonds. The molecule has 3 aromatic rings. The smallest absolute Gasteiger partial charge is 0.244 e. The predicted octanol–water partition coefficient (Wildman–Crippen LogP) is 3.79. The van der Waals surface area contributed by atoms with Gasteiger partial charge in [-0.05, 0) is 42.7 Å². The van der Waals surface area contributed by atoms with Crippen LogP contribution in [0.15, 0.2) is 60.8 Å². The van der Waals surface area contributed by atoms with Gasteiger partial charge in [0.15, 0.2) is 5.82 Å². The Kier molecular flexibility index (Phi) is 5.94. The summed E-state index contributed by atoms with van der Waals surface area (Å²) in [4.78, 5) is 4.44. The maximum Gasteiger partial charge on any atom is 0.244 e. The van der Waals surface area contributed by atoms with E-state index in [4.69, 9.17) is 9.47 Å². The molecular formula is C21H23N5O2. The van der Waals surface area contributed by atoms with Gasteiger partial charge < -0.3 is 20.1 Å². The number of hydrogen-bond acceptors (Lipinski definition) is 7. The molecule has 2 heterocycles.